The Morgan fingerprint density at radius 1 is 1.24 bits per heavy atom. The predicted octanol–water partition coefficient (Wildman–Crippen LogP) is 4.13. The smallest absolute Gasteiger partial charge is 0.250 e. The summed E-state index contributed by atoms with van der Waals surface area (Å²) in [5, 5.41) is 13.3. The van der Waals surface area contributed by atoms with Crippen molar-refractivity contribution in [1.82, 2.24) is 9.47 Å². The summed E-state index contributed by atoms with van der Waals surface area (Å²) in [7, 11) is 0. The minimum atomic E-state index is -0.121. The van der Waals surface area contributed by atoms with Crippen molar-refractivity contribution in [3.05, 3.63) is 50.3 Å². The molecule has 172 valence electrons. The monoisotopic (exact) mass is 498 g/mol. The van der Waals surface area contributed by atoms with Gasteiger partial charge in [0.25, 0.3) is 5.56 Å². The first-order valence-corrected chi connectivity index (χ1v) is 13.7. The predicted molar refractivity (Wildman–Crippen MR) is 137 cm³/mol. The lowest BCUT2D eigenvalue weighted by molar-refractivity contribution is -0.113. The van der Waals surface area contributed by atoms with E-state index in [0.29, 0.717) is 22.4 Å². The fourth-order valence-electron chi connectivity index (χ4n) is 5.38. The maximum atomic E-state index is 12.7. The highest BCUT2D eigenvalue weighted by molar-refractivity contribution is 8.23. The van der Waals surface area contributed by atoms with Crippen molar-refractivity contribution in [1.29, 1.82) is 5.26 Å². The van der Waals surface area contributed by atoms with E-state index in [4.69, 9.17) is 12.2 Å². The highest BCUT2D eigenvalue weighted by Gasteiger charge is 2.35. The second-order valence-electron chi connectivity index (χ2n) is 9.09. The number of piperidine rings is 1. The summed E-state index contributed by atoms with van der Waals surface area (Å²) < 4.78 is 2.64. The molecular weight excluding hydrogens is 472 g/mol. The number of hydrogen-bond acceptors (Lipinski definition) is 6. The molecular formula is C24H26N4O2S3. The van der Waals surface area contributed by atoms with Crippen molar-refractivity contribution in [2.24, 2.45) is 5.92 Å². The molecule has 0 saturated carbocycles. The van der Waals surface area contributed by atoms with Crippen LogP contribution < -0.4 is 10.9 Å². The Morgan fingerprint density at radius 2 is 2.09 bits per heavy atom. The number of nitrogens with zero attached hydrogens (tertiary/aromatic N) is 3. The van der Waals surface area contributed by atoms with Crippen LogP contribution in [0.25, 0.3) is 0 Å². The maximum Gasteiger partial charge on any atom is 0.250 e. The Labute approximate surface area is 207 Å². The first-order valence-electron chi connectivity index (χ1n) is 11.5. The highest BCUT2D eigenvalue weighted by atomic mass is 32.2. The van der Waals surface area contributed by atoms with E-state index in [9.17, 15) is 14.9 Å². The first-order chi connectivity index (χ1) is 16.0. The van der Waals surface area contributed by atoms with E-state index >= 15 is 0 Å². The fraction of sp³-hybridized carbons (Fsp3) is 0.500. The number of likely N-dealkylation sites (tertiary alicyclic amines) is 1. The molecule has 33 heavy (non-hydrogen) atoms. The Morgan fingerprint density at radius 3 is 2.94 bits per heavy atom. The zero-order chi connectivity index (χ0) is 22.9. The number of anilines is 1. The first kappa shape index (κ1) is 22.6. The molecule has 0 radical (unpaired) electrons. The Balaban J connectivity index is 1.20. The molecule has 0 unspecified atom stereocenters. The van der Waals surface area contributed by atoms with Crippen LogP contribution in [0.1, 0.15) is 53.3 Å². The number of pyridine rings is 1. The zero-order valence-corrected chi connectivity index (χ0v) is 20.8. The molecule has 2 aromatic rings. The number of thiophene rings is 1. The van der Waals surface area contributed by atoms with Crippen LogP contribution in [0.5, 0.6) is 0 Å². The summed E-state index contributed by atoms with van der Waals surface area (Å²) in [5.74, 6) is 0.792. The van der Waals surface area contributed by atoms with Gasteiger partial charge in [0, 0.05) is 42.2 Å². The molecule has 5 rings (SSSR count). The average Bonchev–Trinajstić information content (AvgIpc) is 2.96. The second kappa shape index (κ2) is 9.61. The van der Waals surface area contributed by atoms with Crippen LogP contribution in [0, 0.1) is 17.2 Å². The van der Waals surface area contributed by atoms with Crippen LogP contribution in [-0.2, 0) is 24.2 Å². The summed E-state index contributed by atoms with van der Waals surface area (Å²) >= 11 is 8.63. The molecule has 0 aromatic carbocycles. The Kier molecular flexibility index (Phi) is 6.59. The Bertz CT molecular complexity index is 1200. The number of nitrogens with one attached hydrogen (secondary N) is 1. The minimum Gasteiger partial charge on any atom is -0.356 e. The van der Waals surface area contributed by atoms with Crippen LogP contribution >= 0.6 is 35.3 Å². The van der Waals surface area contributed by atoms with Gasteiger partial charge < -0.3 is 14.8 Å². The number of aryl methyl sites for hydroxylation is 1. The third-order valence-electron chi connectivity index (χ3n) is 6.85. The van der Waals surface area contributed by atoms with Crippen LogP contribution in [0.4, 0.5) is 5.00 Å². The van der Waals surface area contributed by atoms with Crippen LogP contribution in [0.3, 0.4) is 0 Å². The second-order valence-corrected chi connectivity index (χ2v) is 11.8. The zero-order valence-electron chi connectivity index (χ0n) is 18.3. The molecule has 0 spiro atoms. The van der Waals surface area contributed by atoms with Gasteiger partial charge in [0.05, 0.1) is 11.3 Å². The molecule has 2 aromatic heterocycles. The van der Waals surface area contributed by atoms with E-state index in [0.717, 1.165) is 67.3 Å². The van der Waals surface area contributed by atoms with E-state index in [-0.39, 0.29) is 17.2 Å². The van der Waals surface area contributed by atoms with E-state index in [1.165, 1.54) is 23.1 Å². The molecule has 1 amide bonds. The standard InChI is InChI=1S/C24H26N4O2S3/c25-10-18-17-5-2-1-3-7-20(17)33-23(18)26-21(29)14-32-24(31)27-11-15-9-16(13-27)19-6-4-8-22(30)28(19)12-15/h4,6,8,15-16H,1-3,5,7,9,11-14H2,(H,26,29)/t15-,16-/m1/s1. The van der Waals surface area contributed by atoms with Gasteiger partial charge in [0.2, 0.25) is 5.91 Å². The van der Waals surface area contributed by atoms with Gasteiger partial charge in [-0.3, -0.25) is 9.59 Å². The van der Waals surface area contributed by atoms with E-state index < -0.39 is 0 Å². The fourth-order valence-corrected chi connectivity index (χ4v) is 7.62. The topological polar surface area (TPSA) is 78.1 Å². The van der Waals surface area contributed by atoms with Crippen molar-refractivity contribution in [3.8, 4) is 6.07 Å². The number of carbonyl (C=O) groups excluding carboxylic acids is 1. The van der Waals surface area contributed by atoms with Crippen LogP contribution in [-0.4, -0.2) is 38.5 Å². The molecule has 1 saturated heterocycles. The van der Waals surface area contributed by atoms with Gasteiger partial charge in [0.15, 0.2) is 0 Å². The number of carbonyl (C=O) groups is 1. The van der Waals surface area contributed by atoms with Gasteiger partial charge in [-0.2, -0.15) is 5.26 Å². The lowest BCUT2D eigenvalue weighted by Crippen LogP contribution is -2.48. The Hall–Kier alpha value is -2.15. The van der Waals surface area contributed by atoms with Gasteiger partial charge in [-0.15, -0.1) is 11.3 Å². The molecule has 1 fully saturated rings. The molecule has 2 aliphatic heterocycles. The summed E-state index contributed by atoms with van der Waals surface area (Å²) in [5.41, 5.74) is 2.95. The van der Waals surface area contributed by atoms with Gasteiger partial charge >= 0.3 is 0 Å². The van der Waals surface area contributed by atoms with Crippen LogP contribution in [0.2, 0.25) is 0 Å². The lowest BCUT2D eigenvalue weighted by Gasteiger charge is -2.43. The van der Waals surface area contributed by atoms with Gasteiger partial charge in [0.1, 0.15) is 15.4 Å². The van der Waals surface area contributed by atoms with Gasteiger partial charge in [-0.25, -0.2) is 0 Å². The van der Waals surface area contributed by atoms with Crippen molar-refractivity contribution >= 4 is 50.5 Å². The average molecular weight is 499 g/mol. The summed E-state index contributed by atoms with van der Waals surface area (Å²) in [6.45, 7) is 2.33. The van der Waals surface area contributed by atoms with E-state index in [1.807, 2.05) is 16.7 Å². The largest absolute Gasteiger partial charge is 0.356 e. The van der Waals surface area contributed by atoms with E-state index in [1.54, 1.807) is 17.4 Å². The molecule has 2 atom stereocenters. The number of fused-ring (bicyclic) bond motifs is 5. The molecule has 2 bridgehead atoms. The summed E-state index contributed by atoms with van der Waals surface area (Å²) in [6.07, 6.45) is 6.45. The number of aromatic nitrogens is 1. The lowest BCUT2D eigenvalue weighted by atomic mass is 9.83. The number of nitriles is 1. The highest BCUT2D eigenvalue weighted by Crippen LogP contribution is 2.38. The number of rotatable bonds is 3. The number of amides is 1. The molecule has 9 heteroatoms. The van der Waals surface area contributed by atoms with Crippen molar-refractivity contribution in [2.75, 3.05) is 24.2 Å². The van der Waals surface area contributed by atoms with E-state index in [2.05, 4.69) is 16.3 Å². The van der Waals surface area contributed by atoms with Gasteiger partial charge in [-0.05, 0) is 49.7 Å². The van der Waals surface area contributed by atoms with Gasteiger partial charge in [-0.1, -0.05) is 36.5 Å². The molecule has 6 nitrogen and oxygen atoms in total. The van der Waals surface area contributed by atoms with Crippen LogP contribution in [0.15, 0.2) is 23.0 Å². The molecule has 1 N–H and O–H groups in total. The van der Waals surface area contributed by atoms with Crippen molar-refractivity contribution < 1.29 is 4.79 Å². The third-order valence-corrected chi connectivity index (χ3v) is 9.58. The van der Waals surface area contributed by atoms with Crippen molar-refractivity contribution in [3.63, 3.8) is 0 Å². The third kappa shape index (κ3) is 4.61. The number of thioether (sulfide) groups is 1. The summed E-state index contributed by atoms with van der Waals surface area (Å²) in [4.78, 5) is 28.4. The minimum absolute atomic E-state index is 0.0758. The number of hydrogen-bond donors (Lipinski definition) is 1. The quantitative estimate of drug-likeness (QED) is 0.507. The molecule has 1 aliphatic carbocycles. The maximum absolute atomic E-state index is 12.7. The molecule has 3 aliphatic rings. The number of thiocarbonyl (C=S) groups is 1. The van der Waals surface area contributed by atoms with Crippen molar-refractivity contribution in [2.45, 2.75) is 51.0 Å². The normalized spacial score (nSPS) is 21.4. The SMILES string of the molecule is N#Cc1c(NC(=O)CSC(=S)N2C[C@H]3C[C@H](C2)c2cccc(=O)n2C3)sc2c1CCCCC2. The molecule has 4 heterocycles. The summed E-state index contributed by atoms with van der Waals surface area (Å²) in [6, 6.07) is 7.83.